The van der Waals surface area contributed by atoms with Gasteiger partial charge in [0.1, 0.15) is 5.69 Å². The lowest BCUT2D eigenvalue weighted by Gasteiger charge is -2.24. The summed E-state index contributed by atoms with van der Waals surface area (Å²) in [5.41, 5.74) is 2.17. The van der Waals surface area contributed by atoms with Crippen LogP contribution in [-0.4, -0.2) is 32.2 Å². The molecule has 0 radical (unpaired) electrons. The summed E-state index contributed by atoms with van der Waals surface area (Å²) >= 11 is 0. The van der Waals surface area contributed by atoms with Gasteiger partial charge < -0.3 is 15.0 Å². The second kappa shape index (κ2) is 7.53. The molecule has 0 aromatic carbocycles. The summed E-state index contributed by atoms with van der Waals surface area (Å²) < 4.78 is 5.45. The maximum absolute atomic E-state index is 5.45. The summed E-state index contributed by atoms with van der Waals surface area (Å²) in [4.78, 5) is 6.46. The third-order valence-corrected chi connectivity index (χ3v) is 4.58. The molecule has 0 aliphatic heterocycles. The van der Waals surface area contributed by atoms with E-state index in [2.05, 4.69) is 36.2 Å². The number of nitrogens with zero attached hydrogens (tertiary/aromatic N) is 2. The van der Waals surface area contributed by atoms with Crippen LogP contribution in [0.15, 0.2) is 12.3 Å². The Hall–Kier alpha value is -1.45. The first-order chi connectivity index (χ1) is 10.2. The maximum Gasteiger partial charge on any atom is 0.239 e. The minimum atomic E-state index is 0.526. The van der Waals surface area contributed by atoms with E-state index in [-0.39, 0.29) is 0 Å². The highest BCUT2D eigenvalue weighted by Crippen LogP contribution is 2.35. The highest BCUT2D eigenvalue weighted by Gasteiger charge is 2.21. The fourth-order valence-corrected chi connectivity index (χ4v) is 3.23. The van der Waals surface area contributed by atoms with Crippen molar-refractivity contribution in [3.63, 3.8) is 0 Å². The Morgan fingerprint density at radius 3 is 2.76 bits per heavy atom. The Morgan fingerprint density at radius 1 is 1.29 bits per heavy atom. The standard InChI is InChI=1S/C17H29N3O/c1-5-13-7-6-8-14(10-9-13)19-16-15(20(2)3)11-12-18-17(16)21-4/h11-14,19H,5-10H2,1-4H3. The average Bonchev–Trinajstić information content (AvgIpc) is 2.72. The van der Waals surface area contributed by atoms with Crippen LogP contribution in [0.3, 0.4) is 0 Å². The average molecular weight is 291 g/mol. The Balaban J connectivity index is 2.14. The molecule has 0 saturated heterocycles. The van der Waals surface area contributed by atoms with E-state index in [1.54, 1.807) is 13.3 Å². The van der Waals surface area contributed by atoms with E-state index in [0.717, 1.165) is 17.3 Å². The lowest BCUT2D eigenvalue weighted by atomic mass is 9.98. The van der Waals surface area contributed by atoms with Gasteiger partial charge in [0.25, 0.3) is 0 Å². The number of hydrogen-bond donors (Lipinski definition) is 1. The van der Waals surface area contributed by atoms with Gasteiger partial charge in [0, 0.05) is 26.3 Å². The van der Waals surface area contributed by atoms with Gasteiger partial charge in [-0.2, -0.15) is 0 Å². The second-order valence-corrected chi connectivity index (χ2v) is 6.23. The van der Waals surface area contributed by atoms with Crippen molar-refractivity contribution < 1.29 is 4.74 Å². The number of aromatic nitrogens is 1. The van der Waals surface area contributed by atoms with E-state index in [1.807, 2.05) is 6.07 Å². The number of methoxy groups -OCH3 is 1. The molecule has 118 valence electrons. The Kier molecular flexibility index (Phi) is 5.71. The molecule has 0 amide bonds. The molecule has 1 fully saturated rings. The van der Waals surface area contributed by atoms with Crippen LogP contribution in [0.5, 0.6) is 5.88 Å². The van der Waals surface area contributed by atoms with E-state index in [9.17, 15) is 0 Å². The van der Waals surface area contributed by atoms with Crippen LogP contribution < -0.4 is 15.0 Å². The molecule has 2 rings (SSSR count). The van der Waals surface area contributed by atoms with Crippen LogP contribution in [0.2, 0.25) is 0 Å². The van der Waals surface area contributed by atoms with E-state index in [0.29, 0.717) is 11.9 Å². The van der Waals surface area contributed by atoms with E-state index in [1.165, 1.54) is 38.5 Å². The summed E-state index contributed by atoms with van der Waals surface area (Å²) in [6, 6.07) is 2.56. The highest BCUT2D eigenvalue weighted by atomic mass is 16.5. The van der Waals surface area contributed by atoms with Crippen molar-refractivity contribution in [2.75, 3.05) is 31.4 Å². The summed E-state index contributed by atoms with van der Waals surface area (Å²) in [6.45, 7) is 2.31. The van der Waals surface area contributed by atoms with Crippen LogP contribution in [0.4, 0.5) is 11.4 Å². The van der Waals surface area contributed by atoms with Crippen molar-refractivity contribution in [3.8, 4) is 5.88 Å². The Bertz CT molecular complexity index is 448. The number of pyridine rings is 1. The monoisotopic (exact) mass is 291 g/mol. The molecule has 21 heavy (non-hydrogen) atoms. The van der Waals surface area contributed by atoms with Gasteiger partial charge >= 0.3 is 0 Å². The third kappa shape index (κ3) is 4.02. The van der Waals surface area contributed by atoms with Crippen LogP contribution in [0, 0.1) is 5.92 Å². The first-order valence-electron chi connectivity index (χ1n) is 8.12. The van der Waals surface area contributed by atoms with Crippen molar-refractivity contribution in [3.05, 3.63) is 12.3 Å². The molecule has 1 heterocycles. The van der Waals surface area contributed by atoms with E-state index in [4.69, 9.17) is 4.74 Å². The number of ether oxygens (including phenoxy) is 1. The highest BCUT2D eigenvalue weighted by molar-refractivity contribution is 5.74. The van der Waals surface area contributed by atoms with Gasteiger partial charge in [-0.05, 0) is 31.2 Å². The molecule has 1 N–H and O–H groups in total. The number of rotatable bonds is 5. The van der Waals surface area contributed by atoms with Crippen molar-refractivity contribution in [2.24, 2.45) is 5.92 Å². The normalized spacial score (nSPS) is 22.5. The summed E-state index contributed by atoms with van der Waals surface area (Å²) in [7, 11) is 5.80. The molecule has 0 bridgehead atoms. The lowest BCUT2D eigenvalue weighted by molar-refractivity contribution is 0.398. The van der Waals surface area contributed by atoms with Crippen molar-refractivity contribution in [2.45, 2.75) is 51.5 Å². The zero-order valence-electron chi connectivity index (χ0n) is 13.9. The minimum absolute atomic E-state index is 0.526. The van der Waals surface area contributed by atoms with Gasteiger partial charge in [-0.3, -0.25) is 0 Å². The fraction of sp³-hybridized carbons (Fsp3) is 0.706. The van der Waals surface area contributed by atoms with Crippen molar-refractivity contribution in [1.29, 1.82) is 0 Å². The topological polar surface area (TPSA) is 37.4 Å². The molecular formula is C17H29N3O. The minimum Gasteiger partial charge on any atom is -0.479 e. The van der Waals surface area contributed by atoms with Crippen molar-refractivity contribution >= 4 is 11.4 Å². The van der Waals surface area contributed by atoms with Crippen LogP contribution >= 0.6 is 0 Å². The molecule has 4 nitrogen and oxygen atoms in total. The van der Waals surface area contributed by atoms with Gasteiger partial charge in [0.05, 0.1) is 12.8 Å². The van der Waals surface area contributed by atoms with Crippen LogP contribution in [0.1, 0.15) is 45.4 Å². The van der Waals surface area contributed by atoms with Gasteiger partial charge in [-0.15, -0.1) is 0 Å². The quantitative estimate of drug-likeness (QED) is 0.834. The zero-order chi connectivity index (χ0) is 15.2. The van der Waals surface area contributed by atoms with E-state index >= 15 is 0 Å². The number of nitrogens with one attached hydrogen (secondary N) is 1. The molecular weight excluding hydrogens is 262 g/mol. The molecule has 1 aliphatic carbocycles. The first-order valence-corrected chi connectivity index (χ1v) is 8.12. The second-order valence-electron chi connectivity index (χ2n) is 6.23. The van der Waals surface area contributed by atoms with Gasteiger partial charge in [0.15, 0.2) is 0 Å². The summed E-state index contributed by atoms with van der Waals surface area (Å²) in [5.74, 6) is 1.60. The summed E-state index contributed by atoms with van der Waals surface area (Å²) in [6.07, 6.45) is 9.61. The maximum atomic E-state index is 5.45. The molecule has 1 aromatic rings. The molecule has 0 spiro atoms. The predicted octanol–water partition coefficient (Wildman–Crippen LogP) is 3.93. The van der Waals surface area contributed by atoms with Crippen LogP contribution in [-0.2, 0) is 0 Å². The fourth-order valence-electron chi connectivity index (χ4n) is 3.23. The smallest absolute Gasteiger partial charge is 0.239 e. The van der Waals surface area contributed by atoms with Gasteiger partial charge in [-0.1, -0.05) is 26.2 Å². The van der Waals surface area contributed by atoms with Crippen molar-refractivity contribution in [1.82, 2.24) is 4.98 Å². The summed E-state index contributed by atoms with van der Waals surface area (Å²) in [5, 5.41) is 3.71. The first kappa shape index (κ1) is 15.9. The molecule has 1 aromatic heterocycles. The Morgan fingerprint density at radius 2 is 2.10 bits per heavy atom. The Labute approximate surface area is 128 Å². The lowest BCUT2D eigenvalue weighted by Crippen LogP contribution is -2.22. The largest absolute Gasteiger partial charge is 0.479 e. The molecule has 1 saturated carbocycles. The number of anilines is 2. The third-order valence-electron chi connectivity index (χ3n) is 4.58. The van der Waals surface area contributed by atoms with Crippen LogP contribution in [0.25, 0.3) is 0 Å². The molecule has 2 unspecified atom stereocenters. The van der Waals surface area contributed by atoms with E-state index < -0.39 is 0 Å². The van der Waals surface area contributed by atoms with Gasteiger partial charge in [0.2, 0.25) is 5.88 Å². The SMILES string of the molecule is CCC1CCCC(Nc2c(N(C)C)ccnc2OC)CC1. The van der Waals surface area contributed by atoms with Gasteiger partial charge in [-0.25, -0.2) is 4.98 Å². The zero-order valence-corrected chi connectivity index (χ0v) is 13.9. The molecule has 2 atom stereocenters. The predicted molar refractivity (Wildman–Crippen MR) is 89.4 cm³/mol. The number of hydrogen-bond acceptors (Lipinski definition) is 4. The molecule has 4 heteroatoms. The molecule has 1 aliphatic rings.